The molecule has 0 radical (unpaired) electrons. The van der Waals surface area contributed by atoms with Gasteiger partial charge in [0.15, 0.2) is 11.1 Å². The minimum Gasteiger partial charge on any atom is -0.356 e. The Morgan fingerprint density at radius 2 is 1.92 bits per heavy atom. The molecular weight excluding hydrogens is 354 g/mol. The molecule has 9 heteroatoms. The minimum atomic E-state index is 0.771. The number of nitrogens with zero attached hydrogens (tertiary/aromatic N) is 5. The number of hydrogen-bond donors (Lipinski definition) is 2. The summed E-state index contributed by atoms with van der Waals surface area (Å²) in [5, 5.41) is 12.2. The van der Waals surface area contributed by atoms with Crippen LogP contribution in [0.5, 0.6) is 0 Å². The maximum Gasteiger partial charge on any atom is 0.197 e. The van der Waals surface area contributed by atoms with Crippen LogP contribution in [0.1, 0.15) is 17.9 Å². The van der Waals surface area contributed by atoms with Crippen LogP contribution >= 0.6 is 22.7 Å². The average molecular weight is 371 g/mol. The first-order valence-corrected chi connectivity index (χ1v) is 9.72. The number of guanidine groups is 1. The number of anilines is 1. The lowest BCUT2D eigenvalue weighted by molar-refractivity contribution is 0.740. The number of rotatable bonds is 3. The lowest BCUT2D eigenvalue weighted by Gasteiger charge is -2.13. The van der Waals surface area contributed by atoms with E-state index in [1.54, 1.807) is 22.7 Å². The summed E-state index contributed by atoms with van der Waals surface area (Å²) < 4.78 is 0. The van der Waals surface area contributed by atoms with E-state index in [9.17, 15) is 0 Å². The Balaban J connectivity index is 1.55. The van der Waals surface area contributed by atoms with Gasteiger partial charge in [-0.1, -0.05) is 0 Å². The standard InChI is InChI=1S/C16H17N7S2/c1-9-11(6-19-10(2)20-9)14-21-12(7-24-14)13-8-25-16(22-13)23-15-17-4-3-5-18-15/h6-8H,3-5H2,1-2H3,(H2,17,18,22,23). The van der Waals surface area contributed by atoms with Crippen molar-refractivity contribution in [1.29, 1.82) is 0 Å². The van der Waals surface area contributed by atoms with E-state index in [4.69, 9.17) is 4.98 Å². The topological polar surface area (TPSA) is 88.0 Å². The molecule has 7 nitrogen and oxygen atoms in total. The Kier molecular flexibility index (Phi) is 4.41. The third kappa shape index (κ3) is 3.52. The normalized spacial score (nSPS) is 14.1. The highest BCUT2D eigenvalue weighted by Gasteiger charge is 2.13. The molecule has 0 atom stereocenters. The molecule has 0 saturated carbocycles. The molecule has 4 rings (SSSR count). The van der Waals surface area contributed by atoms with Crippen LogP contribution in [0.4, 0.5) is 5.13 Å². The van der Waals surface area contributed by atoms with Crippen LogP contribution in [0.25, 0.3) is 22.0 Å². The van der Waals surface area contributed by atoms with Gasteiger partial charge in [0, 0.05) is 30.0 Å². The molecule has 2 N–H and O–H groups in total. The Bertz CT molecular complexity index is 928. The molecule has 128 valence electrons. The second kappa shape index (κ2) is 6.85. The molecule has 0 unspecified atom stereocenters. The molecule has 3 aromatic rings. The molecule has 0 amide bonds. The molecule has 1 aliphatic rings. The Morgan fingerprint density at radius 1 is 1.08 bits per heavy atom. The molecule has 0 saturated heterocycles. The zero-order valence-corrected chi connectivity index (χ0v) is 15.5. The van der Waals surface area contributed by atoms with E-state index in [0.29, 0.717) is 0 Å². The summed E-state index contributed by atoms with van der Waals surface area (Å²) >= 11 is 3.12. The number of aromatic nitrogens is 4. The van der Waals surface area contributed by atoms with Gasteiger partial charge in [0.2, 0.25) is 0 Å². The Hall–Kier alpha value is -2.39. The van der Waals surface area contributed by atoms with E-state index in [1.807, 2.05) is 30.8 Å². The minimum absolute atomic E-state index is 0.771. The van der Waals surface area contributed by atoms with Crippen LogP contribution in [-0.4, -0.2) is 39.0 Å². The van der Waals surface area contributed by atoms with Crippen LogP contribution < -0.4 is 10.6 Å². The predicted molar refractivity (Wildman–Crippen MR) is 102 cm³/mol. The molecule has 1 aliphatic heterocycles. The van der Waals surface area contributed by atoms with Gasteiger partial charge in [0.05, 0.1) is 11.3 Å². The van der Waals surface area contributed by atoms with Crippen molar-refractivity contribution in [3.63, 3.8) is 0 Å². The van der Waals surface area contributed by atoms with E-state index < -0.39 is 0 Å². The number of nitrogens with one attached hydrogen (secondary N) is 2. The summed E-state index contributed by atoms with van der Waals surface area (Å²) in [5.74, 6) is 1.56. The Morgan fingerprint density at radius 3 is 2.72 bits per heavy atom. The molecular formula is C16H17N7S2. The molecule has 3 aromatic heterocycles. The predicted octanol–water partition coefficient (Wildman–Crippen LogP) is 3.10. The first-order valence-electron chi connectivity index (χ1n) is 7.96. The second-order valence-corrected chi connectivity index (χ2v) is 7.34. The summed E-state index contributed by atoms with van der Waals surface area (Å²) in [4.78, 5) is 22.4. The van der Waals surface area contributed by atoms with E-state index in [1.165, 1.54) is 0 Å². The first kappa shape index (κ1) is 16.1. The van der Waals surface area contributed by atoms with Crippen LogP contribution in [0.15, 0.2) is 21.9 Å². The average Bonchev–Trinajstić information content (AvgIpc) is 3.25. The molecule has 0 aliphatic carbocycles. The quantitative estimate of drug-likeness (QED) is 0.735. The second-order valence-electron chi connectivity index (χ2n) is 5.63. The SMILES string of the molecule is Cc1ncc(-c2nc(-c3csc(NC4=NCCCN4)n3)cs2)c(C)n1. The molecule has 4 heterocycles. The largest absolute Gasteiger partial charge is 0.356 e. The number of hydrogen-bond acceptors (Lipinski definition) is 9. The highest BCUT2D eigenvalue weighted by atomic mass is 32.1. The van der Waals surface area contributed by atoms with Crippen molar-refractivity contribution in [3.8, 4) is 22.0 Å². The van der Waals surface area contributed by atoms with Crippen molar-refractivity contribution in [1.82, 2.24) is 25.3 Å². The van der Waals surface area contributed by atoms with Gasteiger partial charge in [-0.2, -0.15) is 0 Å². The lowest BCUT2D eigenvalue weighted by Crippen LogP contribution is -2.35. The van der Waals surface area contributed by atoms with Crippen molar-refractivity contribution >= 4 is 33.8 Å². The van der Waals surface area contributed by atoms with Gasteiger partial charge < -0.3 is 10.6 Å². The van der Waals surface area contributed by atoms with Crippen molar-refractivity contribution in [2.45, 2.75) is 20.3 Å². The Labute approximate surface area is 153 Å². The van der Waals surface area contributed by atoms with E-state index in [2.05, 4.69) is 30.6 Å². The summed E-state index contributed by atoms with van der Waals surface area (Å²) in [5.41, 5.74) is 3.63. The fraction of sp³-hybridized carbons (Fsp3) is 0.312. The highest BCUT2D eigenvalue weighted by Crippen LogP contribution is 2.31. The zero-order chi connectivity index (χ0) is 17.2. The number of aliphatic imine (C=N–C) groups is 1. The fourth-order valence-electron chi connectivity index (χ4n) is 2.47. The van der Waals surface area contributed by atoms with Crippen molar-refractivity contribution in [2.75, 3.05) is 18.4 Å². The number of thiazole rings is 2. The summed E-state index contributed by atoms with van der Waals surface area (Å²) in [6, 6.07) is 0. The first-order chi connectivity index (χ1) is 12.2. The third-order valence-electron chi connectivity index (χ3n) is 3.72. The van der Waals surface area contributed by atoms with Gasteiger partial charge in [-0.15, -0.1) is 22.7 Å². The van der Waals surface area contributed by atoms with Gasteiger partial charge in [-0.05, 0) is 20.3 Å². The highest BCUT2D eigenvalue weighted by molar-refractivity contribution is 7.14. The van der Waals surface area contributed by atoms with Crippen LogP contribution in [0.2, 0.25) is 0 Å². The van der Waals surface area contributed by atoms with Gasteiger partial charge in [-0.3, -0.25) is 4.99 Å². The van der Waals surface area contributed by atoms with Crippen LogP contribution in [0.3, 0.4) is 0 Å². The van der Waals surface area contributed by atoms with E-state index in [0.717, 1.165) is 64.1 Å². The van der Waals surface area contributed by atoms with Crippen molar-refractivity contribution in [3.05, 3.63) is 28.5 Å². The van der Waals surface area contributed by atoms with Crippen LogP contribution in [-0.2, 0) is 0 Å². The lowest BCUT2D eigenvalue weighted by atomic mass is 10.2. The zero-order valence-electron chi connectivity index (χ0n) is 13.9. The fourth-order valence-corrected chi connectivity index (χ4v) is 4.05. The van der Waals surface area contributed by atoms with Gasteiger partial charge in [-0.25, -0.2) is 19.9 Å². The van der Waals surface area contributed by atoms with Gasteiger partial charge in [0.1, 0.15) is 22.2 Å². The maximum atomic E-state index is 4.71. The van der Waals surface area contributed by atoms with Crippen molar-refractivity contribution in [2.24, 2.45) is 4.99 Å². The summed E-state index contributed by atoms with van der Waals surface area (Å²) in [6.45, 7) is 5.66. The third-order valence-corrected chi connectivity index (χ3v) is 5.36. The van der Waals surface area contributed by atoms with Gasteiger partial charge in [0.25, 0.3) is 0 Å². The maximum absolute atomic E-state index is 4.71. The summed E-state index contributed by atoms with van der Waals surface area (Å²) in [7, 11) is 0. The summed E-state index contributed by atoms with van der Waals surface area (Å²) in [6.07, 6.45) is 2.90. The smallest absolute Gasteiger partial charge is 0.197 e. The molecule has 0 bridgehead atoms. The molecule has 0 spiro atoms. The van der Waals surface area contributed by atoms with Gasteiger partial charge >= 0.3 is 0 Å². The molecule has 0 aromatic carbocycles. The van der Waals surface area contributed by atoms with E-state index in [-0.39, 0.29) is 0 Å². The van der Waals surface area contributed by atoms with Crippen molar-refractivity contribution < 1.29 is 0 Å². The monoisotopic (exact) mass is 371 g/mol. The van der Waals surface area contributed by atoms with E-state index >= 15 is 0 Å². The molecule has 25 heavy (non-hydrogen) atoms. The number of aryl methyl sites for hydroxylation is 2. The molecule has 0 fully saturated rings. The van der Waals surface area contributed by atoms with Crippen LogP contribution in [0, 0.1) is 13.8 Å².